The van der Waals surface area contributed by atoms with Crippen molar-refractivity contribution in [1.29, 1.82) is 0 Å². The van der Waals surface area contributed by atoms with Gasteiger partial charge in [-0.1, -0.05) is 17.7 Å². The number of aromatic nitrogens is 1. The first kappa shape index (κ1) is 16.5. The fraction of sp³-hybridized carbons (Fsp3) is 0.533. The van der Waals surface area contributed by atoms with E-state index in [2.05, 4.69) is 4.98 Å². The summed E-state index contributed by atoms with van der Waals surface area (Å²) in [5.41, 5.74) is 1.48. The minimum absolute atomic E-state index is 0.166. The van der Waals surface area contributed by atoms with E-state index >= 15 is 0 Å². The maximum Gasteiger partial charge on any atom is 0.492 e. The van der Waals surface area contributed by atoms with Crippen molar-refractivity contribution in [3.05, 3.63) is 34.0 Å². The molecule has 1 saturated heterocycles. The molecule has 1 aromatic heterocycles. The fourth-order valence-electron chi connectivity index (χ4n) is 2.06. The zero-order valence-corrected chi connectivity index (χ0v) is 13.9. The highest BCUT2D eigenvalue weighted by Crippen LogP contribution is 2.38. The quantitative estimate of drug-likeness (QED) is 0.689. The Morgan fingerprint density at radius 2 is 1.90 bits per heavy atom. The Morgan fingerprint density at radius 3 is 2.43 bits per heavy atom. The zero-order chi connectivity index (χ0) is 15.8. The lowest BCUT2D eigenvalue weighted by molar-refractivity contribution is 0.00578. The Bertz CT molecular complexity index is 556. The van der Waals surface area contributed by atoms with Crippen molar-refractivity contribution < 1.29 is 14.4 Å². The van der Waals surface area contributed by atoms with Gasteiger partial charge < -0.3 is 14.4 Å². The van der Waals surface area contributed by atoms with Crippen LogP contribution >= 0.6 is 11.6 Å². The van der Waals surface area contributed by atoms with Crippen LogP contribution in [0.15, 0.2) is 17.7 Å². The molecule has 21 heavy (non-hydrogen) atoms. The number of rotatable bonds is 3. The first-order valence-corrected chi connectivity index (χ1v) is 7.33. The van der Waals surface area contributed by atoms with Gasteiger partial charge in [0.2, 0.25) is 0 Å². The average Bonchev–Trinajstić information content (AvgIpc) is 2.59. The van der Waals surface area contributed by atoms with E-state index in [4.69, 9.17) is 20.9 Å². The molecule has 1 fully saturated rings. The molecular weight excluding hydrogens is 288 g/mol. The van der Waals surface area contributed by atoms with Gasteiger partial charge in [-0.2, -0.15) is 0 Å². The van der Waals surface area contributed by atoms with Crippen molar-refractivity contribution in [3.8, 4) is 0 Å². The number of halogens is 1. The lowest BCUT2D eigenvalue weighted by atomic mass is 9.77. The largest absolute Gasteiger partial charge is 0.492 e. The Hall–Kier alpha value is -0.875. The molecule has 6 heteroatoms. The Kier molecular flexibility index (Phi) is 4.50. The summed E-state index contributed by atoms with van der Waals surface area (Å²) < 4.78 is 11.9. The summed E-state index contributed by atoms with van der Waals surface area (Å²) >= 11 is 6.10. The second kappa shape index (κ2) is 5.73. The van der Waals surface area contributed by atoms with E-state index in [-0.39, 0.29) is 6.61 Å². The number of aliphatic hydroxyl groups is 1. The van der Waals surface area contributed by atoms with Crippen molar-refractivity contribution in [1.82, 2.24) is 4.98 Å². The van der Waals surface area contributed by atoms with Gasteiger partial charge in [-0.25, -0.2) is 4.98 Å². The summed E-state index contributed by atoms with van der Waals surface area (Å²) in [6.07, 6.45) is 3.48. The minimum Gasteiger partial charge on any atom is -0.400 e. The molecule has 0 amide bonds. The van der Waals surface area contributed by atoms with Crippen LogP contribution in [-0.2, 0) is 9.31 Å². The van der Waals surface area contributed by atoms with Gasteiger partial charge in [-0.15, -0.1) is 0 Å². The van der Waals surface area contributed by atoms with Crippen molar-refractivity contribution in [2.24, 2.45) is 0 Å². The number of hydrogen-bond acceptors (Lipinski definition) is 4. The summed E-state index contributed by atoms with van der Waals surface area (Å²) in [6.45, 7) is 9.67. The van der Waals surface area contributed by atoms with E-state index in [1.165, 1.54) is 0 Å². The number of hydrogen-bond donors (Lipinski definition) is 1. The van der Waals surface area contributed by atoms with Crippen LogP contribution in [0, 0.1) is 6.92 Å². The summed E-state index contributed by atoms with van der Waals surface area (Å²) in [7, 11) is -0.587. The average molecular weight is 310 g/mol. The molecule has 1 aliphatic heterocycles. The lowest BCUT2D eigenvalue weighted by Crippen LogP contribution is -2.41. The van der Waals surface area contributed by atoms with E-state index in [1.807, 2.05) is 40.7 Å². The van der Waals surface area contributed by atoms with E-state index in [0.717, 1.165) is 11.1 Å². The van der Waals surface area contributed by atoms with E-state index < -0.39 is 18.3 Å². The summed E-state index contributed by atoms with van der Waals surface area (Å²) in [5.74, 6) is 0. The van der Waals surface area contributed by atoms with Gasteiger partial charge in [0.05, 0.1) is 17.8 Å². The third-order valence-electron chi connectivity index (χ3n) is 4.08. The van der Waals surface area contributed by atoms with E-state index in [0.29, 0.717) is 10.6 Å². The van der Waals surface area contributed by atoms with Crippen LogP contribution in [0.4, 0.5) is 0 Å². The topological polar surface area (TPSA) is 51.6 Å². The van der Waals surface area contributed by atoms with Gasteiger partial charge in [-0.3, -0.25) is 0 Å². The second-order valence-corrected chi connectivity index (χ2v) is 6.72. The molecular formula is C15H21BClNO3. The lowest BCUT2D eigenvalue weighted by Gasteiger charge is -2.32. The number of nitrogens with zero attached hydrogens (tertiary/aromatic N) is 1. The Balaban J connectivity index is 2.33. The third-order valence-corrected chi connectivity index (χ3v) is 4.40. The Morgan fingerprint density at radius 1 is 1.33 bits per heavy atom. The smallest absolute Gasteiger partial charge is 0.400 e. The van der Waals surface area contributed by atoms with Gasteiger partial charge in [0.15, 0.2) is 0 Å². The molecule has 0 atom stereocenters. The monoisotopic (exact) mass is 309 g/mol. The molecule has 2 heterocycles. The SMILES string of the molecule is Cc1cnc(Cl)c(C=C(CO)B2OC(C)(C)C(C)(C)O2)c1. The minimum atomic E-state index is -0.587. The summed E-state index contributed by atoms with van der Waals surface area (Å²) in [4.78, 5) is 4.11. The third kappa shape index (κ3) is 3.32. The molecule has 0 saturated carbocycles. The van der Waals surface area contributed by atoms with E-state index in [1.54, 1.807) is 12.3 Å². The molecule has 114 valence electrons. The highest BCUT2D eigenvalue weighted by atomic mass is 35.5. The second-order valence-electron chi connectivity index (χ2n) is 6.36. The van der Waals surface area contributed by atoms with Gasteiger partial charge in [0.25, 0.3) is 0 Å². The molecule has 1 aromatic rings. The molecule has 1 aliphatic rings. The summed E-state index contributed by atoms with van der Waals surface area (Å²) in [6, 6.07) is 1.91. The molecule has 0 unspecified atom stereocenters. The highest BCUT2D eigenvalue weighted by molar-refractivity contribution is 6.56. The molecule has 2 rings (SSSR count). The van der Waals surface area contributed by atoms with Crippen LogP contribution in [0.5, 0.6) is 0 Å². The first-order chi connectivity index (χ1) is 9.66. The standard InChI is InChI=1S/C15H21BClNO3/c1-10-6-11(13(17)18-8-10)7-12(9-19)16-20-14(2,3)15(4,5)21-16/h6-8,19H,9H2,1-5H3. The van der Waals surface area contributed by atoms with Gasteiger partial charge >= 0.3 is 7.12 Å². The van der Waals surface area contributed by atoms with Crippen molar-refractivity contribution in [2.45, 2.75) is 45.8 Å². The normalized spacial score (nSPS) is 20.9. The van der Waals surface area contributed by atoms with Crippen LogP contribution in [0.25, 0.3) is 6.08 Å². The molecule has 0 radical (unpaired) electrons. The van der Waals surface area contributed by atoms with Gasteiger partial charge in [0.1, 0.15) is 5.15 Å². The van der Waals surface area contributed by atoms with Crippen LogP contribution in [-0.4, -0.2) is 35.0 Å². The number of aryl methyl sites for hydroxylation is 1. The zero-order valence-electron chi connectivity index (χ0n) is 13.1. The first-order valence-electron chi connectivity index (χ1n) is 6.95. The molecule has 0 spiro atoms. The van der Waals surface area contributed by atoms with Gasteiger partial charge in [0, 0.05) is 11.8 Å². The number of aliphatic hydroxyl groups excluding tert-OH is 1. The van der Waals surface area contributed by atoms with E-state index in [9.17, 15) is 5.11 Å². The Labute approximate surface area is 131 Å². The fourth-order valence-corrected chi connectivity index (χ4v) is 2.22. The molecule has 1 N–H and O–H groups in total. The number of pyridine rings is 1. The predicted molar refractivity (Wildman–Crippen MR) is 85.1 cm³/mol. The molecule has 0 bridgehead atoms. The molecule has 4 nitrogen and oxygen atoms in total. The highest BCUT2D eigenvalue weighted by Gasteiger charge is 2.52. The van der Waals surface area contributed by atoms with Crippen LogP contribution in [0.1, 0.15) is 38.8 Å². The predicted octanol–water partition coefficient (Wildman–Crippen LogP) is 3.05. The van der Waals surface area contributed by atoms with Crippen LogP contribution in [0.2, 0.25) is 5.15 Å². The van der Waals surface area contributed by atoms with Crippen LogP contribution < -0.4 is 0 Å². The maximum atomic E-state index is 9.66. The van der Waals surface area contributed by atoms with Crippen molar-refractivity contribution >= 4 is 24.8 Å². The van der Waals surface area contributed by atoms with Gasteiger partial charge in [-0.05, 0) is 51.7 Å². The maximum absolute atomic E-state index is 9.66. The van der Waals surface area contributed by atoms with Crippen molar-refractivity contribution in [3.63, 3.8) is 0 Å². The van der Waals surface area contributed by atoms with Crippen molar-refractivity contribution in [2.75, 3.05) is 6.61 Å². The summed E-state index contributed by atoms with van der Waals surface area (Å²) in [5, 5.41) is 10.0. The molecule has 0 aromatic carbocycles. The van der Waals surface area contributed by atoms with Crippen LogP contribution in [0.3, 0.4) is 0 Å². The molecule has 0 aliphatic carbocycles.